The van der Waals surface area contributed by atoms with E-state index in [0.717, 1.165) is 16.8 Å². The number of hydrogen-bond acceptors (Lipinski definition) is 4. The van der Waals surface area contributed by atoms with Gasteiger partial charge in [0.05, 0.1) is 6.54 Å². The number of aryl methyl sites for hydroxylation is 1. The van der Waals surface area contributed by atoms with E-state index in [-0.39, 0.29) is 18.4 Å². The van der Waals surface area contributed by atoms with Crippen molar-refractivity contribution in [2.45, 2.75) is 25.9 Å². The molecular formula is C22H27N3O3. The van der Waals surface area contributed by atoms with E-state index in [0.29, 0.717) is 25.2 Å². The molecule has 1 aliphatic heterocycles. The van der Waals surface area contributed by atoms with Crippen molar-refractivity contribution < 1.29 is 14.7 Å². The Morgan fingerprint density at radius 2 is 1.86 bits per heavy atom. The molecule has 0 saturated carbocycles. The molecule has 0 radical (unpaired) electrons. The van der Waals surface area contributed by atoms with Crippen molar-refractivity contribution in [2.24, 2.45) is 0 Å². The van der Waals surface area contributed by atoms with Gasteiger partial charge in [0.2, 0.25) is 11.8 Å². The normalized spacial score (nSPS) is 19.4. The van der Waals surface area contributed by atoms with Crippen molar-refractivity contribution in [3.05, 3.63) is 59.7 Å². The molecule has 0 spiro atoms. The van der Waals surface area contributed by atoms with Crippen molar-refractivity contribution >= 4 is 23.2 Å². The maximum atomic E-state index is 12.4. The summed E-state index contributed by atoms with van der Waals surface area (Å²) in [6.45, 7) is 4.83. The first-order valence-corrected chi connectivity index (χ1v) is 9.43. The predicted molar refractivity (Wildman–Crippen MR) is 110 cm³/mol. The van der Waals surface area contributed by atoms with E-state index in [1.807, 2.05) is 36.1 Å². The standard InChI is InChI=1S/C22H27N3O3/c1-16-6-4-5-7-20(16)22(28)12-13-25(15-22)14-21(27)23-18-8-10-19(11-9-18)24(3)17(2)26/h4-11,28H,12-15H2,1-3H3,(H,23,27)/t22-/m1/s1. The van der Waals surface area contributed by atoms with Crippen LogP contribution in [0.15, 0.2) is 48.5 Å². The molecule has 1 fully saturated rings. The number of anilines is 2. The molecule has 2 aromatic carbocycles. The van der Waals surface area contributed by atoms with Crippen molar-refractivity contribution in [1.29, 1.82) is 0 Å². The Balaban J connectivity index is 1.57. The van der Waals surface area contributed by atoms with Crippen molar-refractivity contribution in [2.75, 3.05) is 36.9 Å². The van der Waals surface area contributed by atoms with Crippen LogP contribution in [-0.4, -0.2) is 48.5 Å². The van der Waals surface area contributed by atoms with E-state index in [1.54, 1.807) is 36.2 Å². The Bertz CT molecular complexity index is 866. The summed E-state index contributed by atoms with van der Waals surface area (Å²) in [7, 11) is 1.71. The first kappa shape index (κ1) is 20.0. The average Bonchev–Trinajstić information content (AvgIpc) is 3.03. The maximum Gasteiger partial charge on any atom is 0.238 e. The quantitative estimate of drug-likeness (QED) is 0.835. The fourth-order valence-electron chi connectivity index (χ4n) is 3.67. The van der Waals surface area contributed by atoms with Crippen molar-refractivity contribution in [1.82, 2.24) is 4.90 Å². The molecule has 6 nitrogen and oxygen atoms in total. The van der Waals surface area contributed by atoms with Gasteiger partial charge in [-0.3, -0.25) is 14.5 Å². The van der Waals surface area contributed by atoms with Gasteiger partial charge < -0.3 is 15.3 Å². The lowest BCUT2D eigenvalue weighted by Crippen LogP contribution is -2.35. The number of nitrogens with one attached hydrogen (secondary N) is 1. The molecule has 1 atom stereocenters. The van der Waals surface area contributed by atoms with Crippen LogP contribution in [0.4, 0.5) is 11.4 Å². The van der Waals surface area contributed by atoms with Gasteiger partial charge in [0.15, 0.2) is 0 Å². The van der Waals surface area contributed by atoms with Gasteiger partial charge in [-0.1, -0.05) is 24.3 Å². The Hall–Kier alpha value is -2.70. The van der Waals surface area contributed by atoms with Gasteiger partial charge >= 0.3 is 0 Å². The first-order chi connectivity index (χ1) is 13.3. The third kappa shape index (κ3) is 4.40. The smallest absolute Gasteiger partial charge is 0.238 e. The van der Waals surface area contributed by atoms with Gasteiger partial charge in [0, 0.05) is 38.4 Å². The average molecular weight is 381 g/mol. The molecule has 1 aliphatic rings. The molecule has 148 valence electrons. The van der Waals surface area contributed by atoms with E-state index in [1.165, 1.54) is 6.92 Å². The highest BCUT2D eigenvalue weighted by atomic mass is 16.3. The van der Waals surface area contributed by atoms with E-state index >= 15 is 0 Å². The summed E-state index contributed by atoms with van der Waals surface area (Å²) in [5.41, 5.74) is 2.53. The largest absolute Gasteiger partial charge is 0.384 e. The molecular weight excluding hydrogens is 354 g/mol. The molecule has 28 heavy (non-hydrogen) atoms. The summed E-state index contributed by atoms with van der Waals surface area (Å²) < 4.78 is 0. The van der Waals surface area contributed by atoms with Crippen LogP contribution in [0, 0.1) is 6.92 Å². The molecule has 0 aromatic heterocycles. The third-order valence-corrected chi connectivity index (χ3v) is 5.35. The molecule has 0 bridgehead atoms. The summed E-state index contributed by atoms with van der Waals surface area (Å²) in [6, 6.07) is 15.0. The lowest BCUT2D eigenvalue weighted by Gasteiger charge is -2.25. The number of aliphatic hydroxyl groups is 1. The Morgan fingerprint density at radius 1 is 1.18 bits per heavy atom. The second-order valence-electron chi connectivity index (χ2n) is 7.48. The van der Waals surface area contributed by atoms with Crippen LogP contribution < -0.4 is 10.2 Å². The number of β-amino-alcohol motifs (C(OH)–C–C–N with tert-alkyl or cyclic N) is 1. The third-order valence-electron chi connectivity index (χ3n) is 5.35. The summed E-state index contributed by atoms with van der Waals surface area (Å²) in [6.07, 6.45) is 0.608. The van der Waals surface area contributed by atoms with E-state index in [9.17, 15) is 14.7 Å². The van der Waals surface area contributed by atoms with Gasteiger partial charge in [-0.15, -0.1) is 0 Å². The van der Waals surface area contributed by atoms with Gasteiger partial charge in [-0.2, -0.15) is 0 Å². The molecule has 2 amide bonds. The lowest BCUT2D eigenvalue weighted by atomic mass is 9.89. The number of carbonyl (C=O) groups is 2. The Kier molecular flexibility index (Phi) is 5.82. The van der Waals surface area contributed by atoms with Crippen LogP contribution in [0.1, 0.15) is 24.5 Å². The minimum Gasteiger partial charge on any atom is -0.384 e. The van der Waals surface area contributed by atoms with Gasteiger partial charge in [0.1, 0.15) is 5.60 Å². The monoisotopic (exact) mass is 381 g/mol. The fourth-order valence-corrected chi connectivity index (χ4v) is 3.67. The number of amides is 2. The lowest BCUT2D eigenvalue weighted by molar-refractivity contribution is -0.117. The molecule has 6 heteroatoms. The first-order valence-electron chi connectivity index (χ1n) is 9.43. The van der Waals surface area contributed by atoms with Crippen LogP contribution in [0.2, 0.25) is 0 Å². The number of rotatable bonds is 5. The minimum atomic E-state index is -0.912. The molecule has 2 aromatic rings. The van der Waals surface area contributed by atoms with Gasteiger partial charge in [-0.05, 0) is 48.7 Å². The van der Waals surface area contributed by atoms with Gasteiger partial charge in [-0.25, -0.2) is 0 Å². The van der Waals surface area contributed by atoms with Crippen LogP contribution in [0.25, 0.3) is 0 Å². The second-order valence-corrected chi connectivity index (χ2v) is 7.48. The topological polar surface area (TPSA) is 72.9 Å². The Labute approximate surface area is 165 Å². The van der Waals surface area contributed by atoms with E-state index in [4.69, 9.17) is 0 Å². The highest BCUT2D eigenvalue weighted by Crippen LogP contribution is 2.33. The number of hydrogen-bond donors (Lipinski definition) is 2. The summed E-state index contributed by atoms with van der Waals surface area (Å²) in [5, 5.41) is 13.9. The summed E-state index contributed by atoms with van der Waals surface area (Å²) in [4.78, 5) is 27.3. The molecule has 0 unspecified atom stereocenters. The molecule has 2 N–H and O–H groups in total. The van der Waals surface area contributed by atoms with Crippen LogP contribution in [0.3, 0.4) is 0 Å². The van der Waals surface area contributed by atoms with Crippen LogP contribution >= 0.6 is 0 Å². The number of likely N-dealkylation sites (tertiary alicyclic amines) is 1. The number of benzene rings is 2. The number of carbonyl (C=O) groups excluding carboxylic acids is 2. The van der Waals surface area contributed by atoms with Crippen molar-refractivity contribution in [3.8, 4) is 0 Å². The fraction of sp³-hybridized carbons (Fsp3) is 0.364. The molecule has 0 aliphatic carbocycles. The summed E-state index contributed by atoms with van der Waals surface area (Å²) in [5.74, 6) is -0.173. The minimum absolute atomic E-state index is 0.0491. The molecule has 3 rings (SSSR count). The zero-order valence-electron chi connectivity index (χ0n) is 16.6. The highest BCUT2D eigenvalue weighted by molar-refractivity contribution is 5.93. The van der Waals surface area contributed by atoms with Crippen LogP contribution in [-0.2, 0) is 15.2 Å². The van der Waals surface area contributed by atoms with Crippen molar-refractivity contribution in [3.63, 3.8) is 0 Å². The van der Waals surface area contributed by atoms with Gasteiger partial charge in [0.25, 0.3) is 0 Å². The number of nitrogens with zero attached hydrogens (tertiary/aromatic N) is 2. The SMILES string of the molecule is CC(=O)N(C)c1ccc(NC(=O)CN2CC[C@](O)(c3ccccc3C)C2)cc1. The van der Waals surface area contributed by atoms with E-state index < -0.39 is 5.60 Å². The molecule has 1 saturated heterocycles. The zero-order chi connectivity index (χ0) is 20.3. The highest BCUT2D eigenvalue weighted by Gasteiger charge is 2.38. The predicted octanol–water partition coefficient (Wildman–Crippen LogP) is 2.51. The van der Waals surface area contributed by atoms with E-state index in [2.05, 4.69) is 5.32 Å². The zero-order valence-corrected chi connectivity index (χ0v) is 16.6. The molecule has 1 heterocycles. The Morgan fingerprint density at radius 3 is 2.50 bits per heavy atom. The van der Waals surface area contributed by atoms with Crippen LogP contribution in [0.5, 0.6) is 0 Å². The maximum absolute atomic E-state index is 12.4. The summed E-state index contributed by atoms with van der Waals surface area (Å²) >= 11 is 0. The second kappa shape index (κ2) is 8.12.